The van der Waals surface area contributed by atoms with Crippen molar-refractivity contribution in [1.29, 1.82) is 0 Å². The Morgan fingerprint density at radius 1 is 1.30 bits per heavy atom. The quantitative estimate of drug-likeness (QED) is 0.610. The second-order valence-corrected chi connectivity index (χ2v) is 5.91. The van der Waals surface area contributed by atoms with Crippen molar-refractivity contribution in [2.24, 2.45) is 11.8 Å². The Morgan fingerprint density at radius 2 is 1.91 bits per heavy atom. The van der Waals surface area contributed by atoms with Gasteiger partial charge in [-0.2, -0.15) is 0 Å². The number of hydrogen-bond donors (Lipinski definition) is 1. The minimum Gasteiger partial charge on any atom is -0.454 e. The number of aliphatic hydroxyl groups excluding tert-OH is 1. The Morgan fingerprint density at radius 3 is 2.35 bits per heavy atom. The van der Waals surface area contributed by atoms with Gasteiger partial charge in [-0.1, -0.05) is 19.9 Å². The van der Waals surface area contributed by atoms with E-state index in [1.807, 2.05) is 13.8 Å². The van der Waals surface area contributed by atoms with Crippen molar-refractivity contribution in [2.45, 2.75) is 46.8 Å². The minimum absolute atomic E-state index is 0.0801. The lowest BCUT2D eigenvalue weighted by atomic mass is 9.77. The maximum atomic E-state index is 12.4. The molecule has 6 heteroatoms. The summed E-state index contributed by atoms with van der Waals surface area (Å²) in [5.41, 5.74) is 0.525. The second-order valence-electron chi connectivity index (χ2n) is 5.91. The monoisotopic (exact) mass is 324 g/mol. The Bertz CT molecular complexity index is 543. The van der Waals surface area contributed by atoms with Crippen molar-refractivity contribution < 1.29 is 29.0 Å². The molecule has 0 aromatic heterocycles. The highest BCUT2D eigenvalue weighted by molar-refractivity contribution is 6.01. The lowest BCUT2D eigenvalue weighted by Gasteiger charge is -2.37. The van der Waals surface area contributed by atoms with Crippen LogP contribution in [0.1, 0.15) is 34.6 Å². The van der Waals surface area contributed by atoms with E-state index in [0.29, 0.717) is 5.57 Å². The van der Waals surface area contributed by atoms with Crippen molar-refractivity contribution in [3.05, 3.63) is 23.3 Å². The van der Waals surface area contributed by atoms with Crippen LogP contribution in [0.2, 0.25) is 0 Å². The summed E-state index contributed by atoms with van der Waals surface area (Å²) in [5.74, 6) is -2.13. The van der Waals surface area contributed by atoms with Crippen LogP contribution in [0.25, 0.3) is 0 Å². The number of aliphatic hydroxyl groups is 1. The first-order valence-corrected chi connectivity index (χ1v) is 7.59. The Balaban J connectivity index is 3.22. The van der Waals surface area contributed by atoms with E-state index < -0.39 is 42.5 Å². The summed E-state index contributed by atoms with van der Waals surface area (Å²) in [6, 6.07) is 0. The smallest absolute Gasteiger partial charge is 0.333 e. The molecule has 0 saturated heterocycles. The van der Waals surface area contributed by atoms with Gasteiger partial charge in [0.15, 0.2) is 6.10 Å². The van der Waals surface area contributed by atoms with E-state index in [2.05, 4.69) is 0 Å². The molecule has 1 rings (SSSR count). The zero-order chi connectivity index (χ0) is 17.7. The molecule has 0 amide bonds. The number of rotatable bonds is 5. The molecule has 0 bridgehead atoms. The first kappa shape index (κ1) is 19.1. The molecule has 128 valence electrons. The molecule has 1 aliphatic carbocycles. The molecule has 0 aromatic carbocycles. The molecule has 0 unspecified atom stereocenters. The van der Waals surface area contributed by atoms with Crippen LogP contribution in [0.4, 0.5) is 0 Å². The summed E-state index contributed by atoms with van der Waals surface area (Å²) in [7, 11) is 0. The molecule has 0 heterocycles. The Labute approximate surface area is 136 Å². The summed E-state index contributed by atoms with van der Waals surface area (Å²) in [6.07, 6.45) is 1.26. The van der Waals surface area contributed by atoms with Crippen LogP contribution < -0.4 is 0 Å². The maximum absolute atomic E-state index is 12.4. The molecule has 0 saturated carbocycles. The fraction of sp³-hybridized carbons (Fsp3) is 0.588. The van der Waals surface area contributed by atoms with E-state index in [0.717, 1.165) is 0 Å². The van der Waals surface area contributed by atoms with Gasteiger partial charge in [0.05, 0.1) is 6.61 Å². The predicted molar refractivity (Wildman–Crippen MR) is 83.4 cm³/mol. The number of ketones is 1. The highest BCUT2D eigenvalue weighted by Crippen LogP contribution is 2.32. The predicted octanol–water partition coefficient (Wildman–Crippen LogP) is 1.57. The third kappa shape index (κ3) is 4.51. The lowest BCUT2D eigenvalue weighted by Crippen LogP contribution is -2.48. The van der Waals surface area contributed by atoms with Gasteiger partial charge in [-0.05, 0) is 25.8 Å². The number of Topliss-reactive ketones (excluding diaryl/α,β-unsaturated/α-hetero) is 1. The third-order valence-corrected chi connectivity index (χ3v) is 3.90. The molecule has 0 aromatic rings. The number of allylic oxidation sites excluding steroid dienone is 1. The van der Waals surface area contributed by atoms with Gasteiger partial charge in [-0.3, -0.25) is 9.59 Å². The van der Waals surface area contributed by atoms with Gasteiger partial charge < -0.3 is 14.6 Å². The number of esters is 2. The van der Waals surface area contributed by atoms with Gasteiger partial charge in [0.25, 0.3) is 0 Å². The zero-order valence-corrected chi connectivity index (χ0v) is 14.2. The molecule has 0 aliphatic heterocycles. The number of ether oxygens (including phenoxy) is 2. The molecule has 0 radical (unpaired) electrons. The molecular formula is C17H24O6. The zero-order valence-electron chi connectivity index (χ0n) is 14.2. The molecular weight excluding hydrogens is 300 g/mol. The Hall–Kier alpha value is -1.95. The topological polar surface area (TPSA) is 89.9 Å². The van der Waals surface area contributed by atoms with Crippen LogP contribution in [-0.2, 0) is 23.9 Å². The maximum Gasteiger partial charge on any atom is 0.333 e. The summed E-state index contributed by atoms with van der Waals surface area (Å²) in [5, 5.41) is 9.36. The van der Waals surface area contributed by atoms with Crippen LogP contribution >= 0.6 is 0 Å². The average Bonchev–Trinajstić information content (AvgIpc) is 2.48. The van der Waals surface area contributed by atoms with E-state index in [1.54, 1.807) is 19.9 Å². The molecule has 6 nitrogen and oxygen atoms in total. The van der Waals surface area contributed by atoms with Gasteiger partial charge in [-0.15, -0.1) is 0 Å². The largest absolute Gasteiger partial charge is 0.454 e. The van der Waals surface area contributed by atoms with Gasteiger partial charge in [0.1, 0.15) is 6.10 Å². The van der Waals surface area contributed by atoms with Crippen LogP contribution in [0.3, 0.4) is 0 Å². The summed E-state index contributed by atoms with van der Waals surface area (Å²) in [4.78, 5) is 35.7. The fourth-order valence-corrected chi connectivity index (χ4v) is 2.54. The molecule has 3 atom stereocenters. The van der Waals surface area contributed by atoms with Gasteiger partial charge in [-0.25, -0.2) is 4.79 Å². The number of hydrogen-bond acceptors (Lipinski definition) is 6. The minimum atomic E-state index is -1.07. The van der Waals surface area contributed by atoms with Gasteiger partial charge in [0.2, 0.25) is 5.78 Å². The highest BCUT2D eigenvalue weighted by atomic mass is 16.6. The molecule has 0 fully saturated rings. The molecule has 1 N–H and O–H groups in total. The fourth-order valence-electron chi connectivity index (χ4n) is 2.54. The van der Waals surface area contributed by atoms with E-state index in [4.69, 9.17) is 9.47 Å². The highest BCUT2D eigenvalue weighted by Gasteiger charge is 2.44. The van der Waals surface area contributed by atoms with Crippen LogP contribution in [0, 0.1) is 11.8 Å². The normalized spacial score (nSPS) is 25.2. The summed E-state index contributed by atoms with van der Waals surface area (Å²) >= 11 is 0. The van der Waals surface area contributed by atoms with Crippen molar-refractivity contribution in [1.82, 2.24) is 0 Å². The van der Waals surface area contributed by atoms with Crippen LogP contribution in [0.5, 0.6) is 0 Å². The van der Waals surface area contributed by atoms with Crippen LogP contribution in [0.15, 0.2) is 23.3 Å². The van der Waals surface area contributed by atoms with Gasteiger partial charge in [0, 0.05) is 24.0 Å². The third-order valence-electron chi connectivity index (χ3n) is 3.90. The van der Waals surface area contributed by atoms with E-state index in [1.165, 1.54) is 13.0 Å². The van der Waals surface area contributed by atoms with Crippen LogP contribution in [-0.4, -0.2) is 41.6 Å². The number of carbonyl (C=O) groups is 3. The second kappa shape index (κ2) is 8.06. The van der Waals surface area contributed by atoms with Crippen molar-refractivity contribution >= 4 is 17.7 Å². The summed E-state index contributed by atoms with van der Waals surface area (Å²) < 4.78 is 10.6. The molecule has 0 spiro atoms. The van der Waals surface area contributed by atoms with E-state index >= 15 is 0 Å². The van der Waals surface area contributed by atoms with E-state index in [-0.39, 0.29) is 11.5 Å². The first-order chi connectivity index (χ1) is 10.7. The standard InChI is InChI=1S/C17H24O6/c1-6-10(4)17(21)23-13-7-12(8-18)15(20)16(22-11(5)19)14(13)9(2)3/h6-7,9,13-14,16,18H,8H2,1-5H3/b10-6+/t13-,14-,16+/m1/s1. The van der Waals surface area contributed by atoms with E-state index in [9.17, 15) is 19.5 Å². The first-order valence-electron chi connectivity index (χ1n) is 7.59. The lowest BCUT2D eigenvalue weighted by molar-refractivity contribution is -0.164. The van der Waals surface area contributed by atoms with Crippen molar-refractivity contribution in [3.8, 4) is 0 Å². The number of carbonyl (C=O) groups excluding carboxylic acids is 3. The molecule has 23 heavy (non-hydrogen) atoms. The Kier molecular flexibility index (Phi) is 6.69. The SMILES string of the molecule is C/C=C(\C)C(=O)O[C@@H]1C=C(CO)C(=O)[C@@H](OC(C)=O)[C@@H]1C(C)C. The van der Waals surface area contributed by atoms with Gasteiger partial charge >= 0.3 is 11.9 Å². The van der Waals surface area contributed by atoms with Crippen molar-refractivity contribution in [2.75, 3.05) is 6.61 Å². The molecule has 1 aliphatic rings. The summed E-state index contributed by atoms with van der Waals surface area (Å²) in [6.45, 7) is 7.77. The average molecular weight is 324 g/mol. The van der Waals surface area contributed by atoms with Crippen molar-refractivity contribution in [3.63, 3.8) is 0 Å².